The fraction of sp³-hybridized carbons (Fsp3) is 0.471. The van der Waals surface area contributed by atoms with Crippen molar-refractivity contribution in [2.45, 2.75) is 50.6 Å². The minimum Gasteiger partial charge on any atom is -0.344 e. The third-order valence-electron chi connectivity index (χ3n) is 5.06. The number of tetrazole rings is 1. The summed E-state index contributed by atoms with van der Waals surface area (Å²) in [6.07, 6.45) is 6.15. The summed E-state index contributed by atoms with van der Waals surface area (Å²) in [7, 11) is 0. The summed E-state index contributed by atoms with van der Waals surface area (Å²) in [5.74, 6) is 0.699. The van der Waals surface area contributed by atoms with Crippen LogP contribution in [0.2, 0.25) is 0 Å². The predicted molar refractivity (Wildman–Crippen MR) is 91.5 cm³/mol. The molecule has 130 valence electrons. The van der Waals surface area contributed by atoms with E-state index in [1.165, 1.54) is 6.33 Å². The summed E-state index contributed by atoms with van der Waals surface area (Å²) >= 11 is 0. The van der Waals surface area contributed by atoms with Crippen molar-refractivity contribution < 1.29 is 4.79 Å². The quantitative estimate of drug-likeness (QED) is 0.758. The maximum absolute atomic E-state index is 13.1. The molecule has 0 spiro atoms. The standard InChI is InChI=1S/C17H21N7O/c1-12(15-20-13-7-3-4-8-14(13)21-15)19-16(25)17(9-5-2-6-10-17)24-11-18-22-23-24/h3-4,7-8,11-12H,2,5-6,9-10H2,1H3,(H,19,25)(H,20,21). The van der Waals surface area contributed by atoms with Crippen molar-refractivity contribution in [3.63, 3.8) is 0 Å². The minimum absolute atomic E-state index is 0.0487. The summed E-state index contributed by atoms with van der Waals surface area (Å²) < 4.78 is 1.62. The van der Waals surface area contributed by atoms with Crippen LogP contribution >= 0.6 is 0 Å². The van der Waals surface area contributed by atoms with Crippen LogP contribution < -0.4 is 5.32 Å². The monoisotopic (exact) mass is 339 g/mol. The van der Waals surface area contributed by atoms with Crippen LogP contribution in [0.5, 0.6) is 0 Å². The Labute approximate surface area is 145 Å². The second kappa shape index (κ2) is 6.27. The highest BCUT2D eigenvalue weighted by molar-refractivity contribution is 5.85. The molecule has 1 amide bonds. The SMILES string of the molecule is CC(NC(=O)C1(n2cnnn2)CCCCC1)c1nc2ccccc2[nH]1. The van der Waals surface area contributed by atoms with E-state index < -0.39 is 5.54 Å². The van der Waals surface area contributed by atoms with Crippen molar-refractivity contribution in [2.24, 2.45) is 0 Å². The van der Waals surface area contributed by atoms with Crippen molar-refractivity contribution in [3.8, 4) is 0 Å². The third kappa shape index (κ3) is 2.77. The van der Waals surface area contributed by atoms with E-state index in [4.69, 9.17) is 0 Å². The highest BCUT2D eigenvalue weighted by Crippen LogP contribution is 2.35. The van der Waals surface area contributed by atoms with Gasteiger partial charge in [-0.15, -0.1) is 5.10 Å². The van der Waals surface area contributed by atoms with Crippen molar-refractivity contribution in [2.75, 3.05) is 0 Å². The first kappa shape index (κ1) is 15.7. The van der Waals surface area contributed by atoms with E-state index in [-0.39, 0.29) is 11.9 Å². The van der Waals surface area contributed by atoms with Crippen LogP contribution in [-0.4, -0.2) is 36.1 Å². The molecule has 1 saturated carbocycles. The highest BCUT2D eigenvalue weighted by atomic mass is 16.2. The van der Waals surface area contributed by atoms with E-state index in [0.717, 1.165) is 49.0 Å². The van der Waals surface area contributed by atoms with Crippen LogP contribution in [0, 0.1) is 0 Å². The molecule has 4 rings (SSSR count). The number of nitrogens with one attached hydrogen (secondary N) is 2. The van der Waals surface area contributed by atoms with Gasteiger partial charge in [0.15, 0.2) is 0 Å². The lowest BCUT2D eigenvalue weighted by molar-refractivity contribution is -0.133. The molecule has 0 saturated heterocycles. The van der Waals surface area contributed by atoms with Crippen molar-refractivity contribution in [1.82, 2.24) is 35.5 Å². The van der Waals surface area contributed by atoms with Crippen LogP contribution in [0.25, 0.3) is 11.0 Å². The normalized spacial score (nSPS) is 18.1. The Kier molecular flexibility index (Phi) is 3.95. The van der Waals surface area contributed by atoms with E-state index in [9.17, 15) is 4.79 Å². The number of fused-ring (bicyclic) bond motifs is 1. The Bertz CT molecular complexity index is 831. The topological polar surface area (TPSA) is 101 Å². The summed E-state index contributed by atoms with van der Waals surface area (Å²) in [5.41, 5.74) is 1.15. The Morgan fingerprint density at radius 3 is 2.80 bits per heavy atom. The molecule has 2 N–H and O–H groups in total. The first-order valence-corrected chi connectivity index (χ1v) is 8.68. The van der Waals surface area contributed by atoms with E-state index >= 15 is 0 Å². The zero-order valence-corrected chi connectivity index (χ0v) is 14.1. The molecule has 8 heteroatoms. The molecule has 0 radical (unpaired) electrons. The zero-order chi connectivity index (χ0) is 17.3. The average molecular weight is 339 g/mol. The number of carbonyl (C=O) groups is 1. The number of H-pyrrole nitrogens is 1. The first-order chi connectivity index (χ1) is 12.2. The maximum Gasteiger partial charge on any atom is 0.248 e. The first-order valence-electron chi connectivity index (χ1n) is 8.68. The highest BCUT2D eigenvalue weighted by Gasteiger charge is 2.43. The summed E-state index contributed by atoms with van der Waals surface area (Å²) in [4.78, 5) is 21.0. The summed E-state index contributed by atoms with van der Waals surface area (Å²) in [6.45, 7) is 1.94. The van der Waals surface area contributed by atoms with Gasteiger partial charge in [0.05, 0.1) is 17.1 Å². The number of hydrogen-bond acceptors (Lipinski definition) is 5. The molecule has 25 heavy (non-hydrogen) atoms. The number of nitrogens with zero attached hydrogens (tertiary/aromatic N) is 5. The van der Waals surface area contributed by atoms with Crippen molar-refractivity contribution in [3.05, 3.63) is 36.4 Å². The molecule has 2 aromatic heterocycles. The Morgan fingerprint density at radius 1 is 1.28 bits per heavy atom. The van der Waals surface area contributed by atoms with Gasteiger partial charge >= 0.3 is 0 Å². The Balaban J connectivity index is 1.58. The van der Waals surface area contributed by atoms with Crippen LogP contribution in [0.4, 0.5) is 0 Å². The minimum atomic E-state index is -0.706. The molecule has 1 unspecified atom stereocenters. The van der Waals surface area contributed by atoms with Crippen molar-refractivity contribution >= 4 is 16.9 Å². The Hall–Kier alpha value is -2.77. The van der Waals surface area contributed by atoms with Gasteiger partial charge in [0, 0.05) is 0 Å². The van der Waals surface area contributed by atoms with Gasteiger partial charge in [0.25, 0.3) is 0 Å². The lowest BCUT2D eigenvalue weighted by Gasteiger charge is -2.35. The molecule has 1 aromatic carbocycles. The third-order valence-corrected chi connectivity index (χ3v) is 5.06. The number of rotatable bonds is 4. The Morgan fingerprint density at radius 2 is 2.08 bits per heavy atom. The van der Waals surface area contributed by atoms with Gasteiger partial charge in [-0.1, -0.05) is 31.4 Å². The van der Waals surface area contributed by atoms with Crippen LogP contribution in [0.1, 0.15) is 50.9 Å². The smallest absolute Gasteiger partial charge is 0.248 e. The number of hydrogen-bond donors (Lipinski definition) is 2. The number of aromatic amines is 1. The second-order valence-electron chi connectivity index (χ2n) is 6.68. The van der Waals surface area contributed by atoms with Crippen molar-refractivity contribution in [1.29, 1.82) is 0 Å². The number of carbonyl (C=O) groups excluding carboxylic acids is 1. The molecule has 0 aliphatic heterocycles. The number of para-hydroxylation sites is 2. The number of aromatic nitrogens is 6. The number of amides is 1. The molecule has 0 bridgehead atoms. The summed E-state index contributed by atoms with van der Waals surface area (Å²) in [6, 6.07) is 7.61. The summed E-state index contributed by atoms with van der Waals surface area (Å²) in [5, 5.41) is 14.6. The molecule has 3 aromatic rings. The molecule has 1 aliphatic rings. The van der Waals surface area contributed by atoms with Crippen LogP contribution in [-0.2, 0) is 10.3 Å². The van der Waals surface area contributed by atoms with Gasteiger partial charge < -0.3 is 10.3 Å². The van der Waals surface area contributed by atoms with E-state index in [2.05, 4.69) is 30.8 Å². The second-order valence-corrected chi connectivity index (χ2v) is 6.68. The van der Waals surface area contributed by atoms with E-state index in [1.54, 1.807) is 4.68 Å². The molecular weight excluding hydrogens is 318 g/mol. The van der Waals surface area contributed by atoms with Crippen LogP contribution in [0.15, 0.2) is 30.6 Å². The van der Waals surface area contributed by atoms with E-state index in [0.29, 0.717) is 0 Å². The number of benzene rings is 1. The molecule has 1 fully saturated rings. The number of imidazole rings is 1. The largest absolute Gasteiger partial charge is 0.344 e. The molecule has 1 atom stereocenters. The van der Waals surface area contributed by atoms with Crippen LogP contribution in [0.3, 0.4) is 0 Å². The van der Waals surface area contributed by atoms with Gasteiger partial charge in [0.1, 0.15) is 17.7 Å². The molecule has 8 nitrogen and oxygen atoms in total. The molecule has 1 aliphatic carbocycles. The fourth-order valence-corrected chi connectivity index (χ4v) is 3.63. The van der Waals surface area contributed by atoms with E-state index in [1.807, 2.05) is 31.2 Å². The molecular formula is C17H21N7O. The fourth-order valence-electron chi connectivity index (χ4n) is 3.63. The predicted octanol–water partition coefficient (Wildman–Crippen LogP) is 2.09. The lowest BCUT2D eigenvalue weighted by Crippen LogP contribution is -2.51. The zero-order valence-electron chi connectivity index (χ0n) is 14.1. The van der Waals surface area contributed by atoms with Gasteiger partial charge in [-0.3, -0.25) is 4.79 Å². The van der Waals surface area contributed by atoms with Gasteiger partial charge in [-0.25, -0.2) is 9.67 Å². The van der Waals surface area contributed by atoms with Gasteiger partial charge in [0.2, 0.25) is 5.91 Å². The lowest BCUT2D eigenvalue weighted by atomic mass is 9.81. The van der Waals surface area contributed by atoms with Gasteiger partial charge in [-0.05, 0) is 42.3 Å². The average Bonchev–Trinajstić information content (AvgIpc) is 3.32. The molecule has 2 heterocycles. The van der Waals surface area contributed by atoms with Gasteiger partial charge in [-0.2, -0.15) is 0 Å². The maximum atomic E-state index is 13.1.